The summed E-state index contributed by atoms with van der Waals surface area (Å²) < 4.78 is 43.6. The molecule has 0 saturated heterocycles. The Morgan fingerprint density at radius 1 is 1.35 bits per heavy atom. The Hall–Kier alpha value is -1.50. The Balaban J connectivity index is 2.49. The van der Waals surface area contributed by atoms with E-state index in [1.54, 1.807) is 26.0 Å². The number of aliphatic imine (C=N–C) groups is 1. The van der Waals surface area contributed by atoms with Crippen LogP contribution in [0.15, 0.2) is 34.1 Å². The van der Waals surface area contributed by atoms with Crippen LogP contribution in [0.3, 0.4) is 0 Å². The maximum Gasteiger partial charge on any atom is 0.453 e. The summed E-state index contributed by atoms with van der Waals surface area (Å²) in [4.78, 5) is 2.48. The van der Waals surface area contributed by atoms with Crippen molar-refractivity contribution in [2.45, 2.75) is 31.1 Å². The first-order valence-electron chi connectivity index (χ1n) is 5.79. The molecule has 0 aromatic carbocycles. The summed E-state index contributed by atoms with van der Waals surface area (Å²) in [6.45, 7) is 3.14. The molecule has 1 aliphatic heterocycles. The number of alkyl halides is 4. The van der Waals surface area contributed by atoms with Crippen molar-refractivity contribution >= 4 is 23.1 Å². The molecule has 1 unspecified atom stereocenters. The van der Waals surface area contributed by atoms with E-state index >= 15 is 0 Å². The summed E-state index contributed by atoms with van der Waals surface area (Å²) in [5.41, 5.74) is 0.195. The van der Waals surface area contributed by atoms with Gasteiger partial charge in [-0.15, -0.1) is 5.10 Å². The molecule has 1 atom stereocenters. The second kappa shape index (κ2) is 4.80. The lowest BCUT2D eigenvalue weighted by molar-refractivity contribution is -0.0622. The summed E-state index contributed by atoms with van der Waals surface area (Å²) in [6.07, 6.45) is 0.104. The van der Waals surface area contributed by atoms with Gasteiger partial charge in [0.15, 0.2) is 0 Å². The molecule has 8 heteroatoms. The number of nitrogens with zero attached hydrogens (tertiary/aromatic N) is 3. The predicted molar refractivity (Wildman–Crippen MR) is 70.7 cm³/mol. The number of methoxy groups -OCH3 is 1. The maximum atomic E-state index is 12.9. The Kier molecular flexibility index (Phi) is 3.58. The molecule has 0 aromatic rings. The molecule has 2 aliphatic rings. The lowest BCUT2D eigenvalue weighted by Gasteiger charge is -2.39. The van der Waals surface area contributed by atoms with Crippen LogP contribution < -0.4 is 0 Å². The van der Waals surface area contributed by atoms with E-state index in [-0.39, 0.29) is 5.71 Å². The van der Waals surface area contributed by atoms with Crippen LogP contribution in [0.5, 0.6) is 0 Å². The monoisotopic (exact) mass is 307 g/mol. The number of hydrazone groups is 1. The molecule has 0 bridgehead atoms. The highest BCUT2D eigenvalue weighted by Crippen LogP contribution is 2.32. The van der Waals surface area contributed by atoms with E-state index in [0.29, 0.717) is 5.76 Å². The molecule has 2 rings (SSSR count). The topological polar surface area (TPSA) is 37.2 Å². The molecule has 0 amide bonds. The third kappa shape index (κ3) is 2.82. The second-order valence-corrected chi connectivity index (χ2v) is 5.69. The van der Waals surface area contributed by atoms with Gasteiger partial charge in [-0.05, 0) is 19.9 Å². The fraction of sp³-hybridized carbons (Fsp3) is 0.500. The lowest BCUT2D eigenvalue weighted by Crippen LogP contribution is -2.50. The summed E-state index contributed by atoms with van der Waals surface area (Å²) in [7, 11) is 1.43. The standard InChI is InChI=1S/C12H13ClF3N3O/c1-11(2,13)19-9-5-4-7(20-3)6-8(9)17-10(18-19)12(14,15)16/h4-6,9H,1-3H3. The molecule has 0 saturated carbocycles. The van der Waals surface area contributed by atoms with Crippen molar-refractivity contribution in [2.75, 3.05) is 7.11 Å². The number of fused-ring (bicyclic) bond motifs is 1. The minimum absolute atomic E-state index is 0.195. The van der Waals surface area contributed by atoms with Gasteiger partial charge in [0.25, 0.3) is 5.84 Å². The van der Waals surface area contributed by atoms with Crippen LogP contribution in [0.25, 0.3) is 0 Å². The van der Waals surface area contributed by atoms with Gasteiger partial charge in [-0.25, -0.2) is 4.99 Å². The Bertz CT molecular complexity index is 529. The van der Waals surface area contributed by atoms with Gasteiger partial charge in [-0.3, -0.25) is 5.01 Å². The van der Waals surface area contributed by atoms with Gasteiger partial charge >= 0.3 is 6.18 Å². The van der Waals surface area contributed by atoms with Crippen molar-refractivity contribution in [2.24, 2.45) is 10.1 Å². The highest BCUT2D eigenvalue weighted by atomic mass is 35.5. The molecule has 4 nitrogen and oxygen atoms in total. The number of halogens is 4. The molecule has 0 spiro atoms. The van der Waals surface area contributed by atoms with E-state index in [2.05, 4.69) is 10.1 Å². The number of rotatable bonds is 2. The summed E-state index contributed by atoms with van der Waals surface area (Å²) in [5, 5.41) is 4.72. The highest BCUT2D eigenvalue weighted by Gasteiger charge is 2.43. The normalized spacial score (nSPS) is 22.9. The van der Waals surface area contributed by atoms with Crippen molar-refractivity contribution in [1.29, 1.82) is 0 Å². The summed E-state index contributed by atoms with van der Waals surface area (Å²) in [6, 6.07) is -0.549. The van der Waals surface area contributed by atoms with E-state index in [4.69, 9.17) is 16.3 Å². The third-order valence-electron chi connectivity index (χ3n) is 2.77. The molecular weight excluding hydrogens is 295 g/mol. The number of hydrogen-bond acceptors (Lipinski definition) is 4. The molecule has 1 heterocycles. The summed E-state index contributed by atoms with van der Waals surface area (Å²) >= 11 is 6.13. The van der Waals surface area contributed by atoms with Crippen molar-refractivity contribution in [1.82, 2.24) is 5.01 Å². The Labute approximate surface area is 119 Å². The van der Waals surface area contributed by atoms with E-state index in [0.717, 1.165) is 0 Å². The Morgan fingerprint density at radius 3 is 2.50 bits per heavy atom. The fourth-order valence-electron chi connectivity index (χ4n) is 1.87. The van der Waals surface area contributed by atoms with Gasteiger partial charge < -0.3 is 4.74 Å². The van der Waals surface area contributed by atoms with Gasteiger partial charge in [0, 0.05) is 6.08 Å². The average molecular weight is 308 g/mol. The SMILES string of the molecule is COC1=CC2=NC(C(F)(F)F)=NN(C(C)(C)Cl)C2C=C1. The number of amidine groups is 1. The Morgan fingerprint density at radius 2 is 2.00 bits per heavy atom. The predicted octanol–water partition coefficient (Wildman–Crippen LogP) is 3.06. The lowest BCUT2D eigenvalue weighted by atomic mass is 10.0. The molecule has 0 aromatic heterocycles. The van der Waals surface area contributed by atoms with E-state index in [1.807, 2.05) is 0 Å². The first-order valence-corrected chi connectivity index (χ1v) is 6.17. The molecule has 1 aliphatic carbocycles. The van der Waals surface area contributed by atoms with Crippen LogP contribution >= 0.6 is 11.6 Å². The van der Waals surface area contributed by atoms with E-state index in [9.17, 15) is 13.2 Å². The van der Waals surface area contributed by atoms with Crippen LogP contribution in [-0.4, -0.2) is 40.9 Å². The van der Waals surface area contributed by atoms with E-state index in [1.165, 1.54) is 18.2 Å². The summed E-state index contributed by atoms with van der Waals surface area (Å²) in [5.74, 6) is -0.796. The number of hydrogen-bond donors (Lipinski definition) is 0. The second-order valence-electron chi connectivity index (χ2n) is 4.77. The fourth-order valence-corrected chi connectivity index (χ4v) is 2.02. The molecule has 0 N–H and O–H groups in total. The van der Waals surface area contributed by atoms with Crippen LogP contribution in [-0.2, 0) is 4.74 Å². The molecule has 0 radical (unpaired) electrons. The largest absolute Gasteiger partial charge is 0.497 e. The van der Waals surface area contributed by atoms with E-state index < -0.39 is 23.1 Å². The van der Waals surface area contributed by atoms with Crippen molar-refractivity contribution in [3.8, 4) is 0 Å². The maximum absolute atomic E-state index is 12.9. The molecular formula is C12H13ClF3N3O. The van der Waals surface area contributed by atoms with Gasteiger partial charge in [-0.1, -0.05) is 17.7 Å². The quantitative estimate of drug-likeness (QED) is 0.581. The van der Waals surface area contributed by atoms with Crippen LogP contribution in [0.4, 0.5) is 13.2 Å². The van der Waals surface area contributed by atoms with Crippen LogP contribution in [0.1, 0.15) is 13.8 Å². The third-order valence-corrected chi connectivity index (χ3v) is 2.94. The first kappa shape index (κ1) is 14.9. The zero-order valence-corrected chi connectivity index (χ0v) is 11.8. The highest BCUT2D eigenvalue weighted by molar-refractivity contribution is 6.23. The smallest absolute Gasteiger partial charge is 0.453 e. The van der Waals surface area contributed by atoms with Gasteiger partial charge in [0.05, 0.1) is 12.8 Å². The van der Waals surface area contributed by atoms with Crippen molar-refractivity contribution in [3.05, 3.63) is 24.0 Å². The van der Waals surface area contributed by atoms with Crippen LogP contribution in [0, 0.1) is 0 Å². The van der Waals surface area contributed by atoms with Crippen molar-refractivity contribution in [3.63, 3.8) is 0 Å². The van der Waals surface area contributed by atoms with Gasteiger partial charge in [0.1, 0.15) is 16.8 Å². The van der Waals surface area contributed by atoms with Gasteiger partial charge in [0.2, 0.25) is 0 Å². The van der Waals surface area contributed by atoms with Gasteiger partial charge in [-0.2, -0.15) is 13.2 Å². The number of ether oxygens (including phenoxy) is 1. The van der Waals surface area contributed by atoms with Crippen LogP contribution in [0.2, 0.25) is 0 Å². The zero-order valence-electron chi connectivity index (χ0n) is 11.1. The van der Waals surface area contributed by atoms with Crippen molar-refractivity contribution < 1.29 is 17.9 Å². The average Bonchev–Trinajstić information content (AvgIpc) is 2.34. The molecule has 20 heavy (non-hydrogen) atoms. The molecule has 110 valence electrons. The zero-order chi connectivity index (χ0) is 15.1. The minimum atomic E-state index is -4.64. The molecule has 0 fully saturated rings. The number of allylic oxidation sites excluding steroid dienone is 1. The minimum Gasteiger partial charge on any atom is -0.497 e. The first-order chi connectivity index (χ1) is 9.13.